The lowest BCUT2D eigenvalue weighted by atomic mass is 10.3. The van der Waals surface area contributed by atoms with Crippen LogP contribution in [0, 0.1) is 0 Å². The van der Waals surface area contributed by atoms with Gasteiger partial charge < -0.3 is 10.1 Å². The molecule has 0 atom stereocenters. The van der Waals surface area contributed by atoms with E-state index < -0.39 is 0 Å². The van der Waals surface area contributed by atoms with Crippen LogP contribution in [0.5, 0.6) is 11.5 Å². The van der Waals surface area contributed by atoms with Gasteiger partial charge in [0, 0.05) is 30.0 Å². The number of imidazole rings is 1. The van der Waals surface area contributed by atoms with Crippen molar-refractivity contribution in [3.05, 3.63) is 84.9 Å². The zero-order chi connectivity index (χ0) is 20.2. The molecular weight excluding hydrogens is 416 g/mol. The number of anilines is 2. The summed E-state index contributed by atoms with van der Waals surface area (Å²) in [5.74, 6) is 3.00. The van der Waals surface area contributed by atoms with E-state index in [-0.39, 0.29) is 0 Å². The Morgan fingerprint density at radius 2 is 1.80 bits per heavy atom. The first-order chi connectivity index (χ1) is 14.8. The first-order valence-corrected chi connectivity index (χ1v) is 11.0. The van der Waals surface area contributed by atoms with Gasteiger partial charge in [-0.05, 0) is 42.5 Å². The summed E-state index contributed by atoms with van der Waals surface area (Å²) >= 11 is 3.11. The zero-order valence-corrected chi connectivity index (χ0v) is 17.3. The third-order valence-electron chi connectivity index (χ3n) is 4.12. The second-order valence-electron chi connectivity index (χ2n) is 6.29. The van der Waals surface area contributed by atoms with Crippen molar-refractivity contribution in [3.8, 4) is 11.5 Å². The molecule has 0 aliphatic carbocycles. The monoisotopic (exact) mass is 432 g/mol. The summed E-state index contributed by atoms with van der Waals surface area (Å²) in [4.78, 5) is 8.74. The fourth-order valence-electron chi connectivity index (χ4n) is 2.76. The van der Waals surface area contributed by atoms with Crippen LogP contribution in [0.3, 0.4) is 0 Å². The maximum absolute atomic E-state index is 5.81. The van der Waals surface area contributed by atoms with Crippen molar-refractivity contribution in [1.29, 1.82) is 0 Å². The van der Waals surface area contributed by atoms with E-state index >= 15 is 0 Å². The minimum Gasteiger partial charge on any atom is -0.457 e. The number of nitrogens with one attached hydrogen (secondary N) is 1. The molecule has 9 heteroatoms. The highest BCUT2D eigenvalue weighted by molar-refractivity contribution is 8.00. The van der Waals surface area contributed by atoms with Gasteiger partial charge in [0.25, 0.3) is 0 Å². The van der Waals surface area contributed by atoms with Gasteiger partial charge in [0.2, 0.25) is 10.9 Å². The maximum atomic E-state index is 5.81. The van der Waals surface area contributed by atoms with Crippen LogP contribution in [0.15, 0.2) is 83.6 Å². The van der Waals surface area contributed by atoms with Crippen LogP contribution in [0.4, 0.5) is 10.8 Å². The van der Waals surface area contributed by atoms with E-state index in [9.17, 15) is 0 Å². The average Bonchev–Trinajstić information content (AvgIpc) is 3.40. The summed E-state index contributed by atoms with van der Waals surface area (Å²) in [7, 11) is 0. The van der Waals surface area contributed by atoms with E-state index in [0.717, 1.165) is 32.4 Å². The van der Waals surface area contributed by atoms with Crippen LogP contribution in [-0.2, 0) is 5.75 Å². The molecular formula is C21H16N6OS2. The quantitative estimate of drug-likeness (QED) is 0.345. The summed E-state index contributed by atoms with van der Waals surface area (Å²) in [6, 6.07) is 19.3. The van der Waals surface area contributed by atoms with Gasteiger partial charge in [0.15, 0.2) is 4.34 Å². The van der Waals surface area contributed by atoms with E-state index in [1.807, 2.05) is 77.5 Å². The number of fused-ring (bicyclic) bond motifs is 1. The van der Waals surface area contributed by atoms with Gasteiger partial charge in [-0.1, -0.05) is 41.3 Å². The fraction of sp³-hybridized carbons (Fsp3) is 0.0476. The minimum absolute atomic E-state index is 0.701. The highest BCUT2D eigenvalue weighted by atomic mass is 32.2. The summed E-state index contributed by atoms with van der Waals surface area (Å²) in [6.07, 6.45) is 5.66. The lowest BCUT2D eigenvalue weighted by Gasteiger charge is -2.06. The normalized spacial score (nSPS) is 10.9. The highest BCUT2D eigenvalue weighted by Crippen LogP contribution is 2.30. The molecule has 0 spiro atoms. The molecule has 7 nitrogen and oxygen atoms in total. The van der Waals surface area contributed by atoms with Crippen LogP contribution in [0.1, 0.15) is 5.69 Å². The molecule has 0 bridgehead atoms. The van der Waals surface area contributed by atoms with Crippen LogP contribution < -0.4 is 10.1 Å². The highest BCUT2D eigenvalue weighted by Gasteiger charge is 2.08. The Balaban J connectivity index is 1.18. The van der Waals surface area contributed by atoms with Gasteiger partial charge in [0.05, 0.1) is 5.69 Å². The number of hydrogen-bond donors (Lipinski definition) is 1. The number of hydrogen-bond acceptors (Lipinski definition) is 8. The second-order valence-corrected chi connectivity index (χ2v) is 8.49. The van der Waals surface area contributed by atoms with E-state index in [4.69, 9.17) is 4.74 Å². The molecule has 5 aromatic rings. The van der Waals surface area contributed by atoms with Crippen LogP contribution >= 0.6 is 23.1 Å². The van der Waals surface area contributed by atoms with Gasteiger partial charge in [-0.3, -0.25) is 4.40 Å². The van der Waals surface area contributed by atoms with E-state index in [2.05, 4.69) is 25.5 Å². The number of para-hydroxylation sites is 1. The van der Waals surface area contributed by atoms with Gasteiger partial charge in [-0.25, -0.2) is 9.97 Å². The summed E-state index contributed by atoms with van der Waals surface area (Å²) in [5, 5.41) is 12.5. The van der Waals surface area contributed by atoms with E-state index in [0.29, 0.717) is 11.5 Å². The number of thioether (sulfide) groups is 1. The van der Waals surface area contributed by atoms with Crippen LogP contribution in [0.25, 0.3) is 5.78 Å². The Bertz CT molecular complexity index is 1220. The van der Waals surface area contributed by atoms with Gasteiger partial charge in [-0.2, -0.15) is 0 Å². The van der Waals surface area contributed by atoms with Crippen molar-refractivity contribution in [2.75, 3.05) is 5.32 Å². The molecule has 2 aromatic carbocycles. The SMILES string of the molecule is c1ccc(Oc2ccc(Nc3nnc(SCc4cn5cccnc5n4)s3)cc2)cc1. The van der Waals surface area contributed by atoms with E-state index in [1.165, 1.54) is 11.3 Å². The zero-order valence-electron chi connectivity index (χ0n) is 15.7. The molecule has 30 heavy (non-hydrogen) atoms. The first kappa shape index (κ1) is 18.6. The van der Waals surface area contributed by atoms with Crippen molar-refractivity contribution < 1.29 is 4.74 Å². The van der Waals surface area contributed by atoms with Crippen LogP contribution in [0.2, 0.25) is 0 Å². The molecule has 1 N–H and O–H groups in total. The summed E-state index contributed by atoms with van der Waals surface area (Å²) < 4.78 is 8.61. The lowest BCUT2D eigenvalue weighted by molar-refractivity contribution is 0.483. The molecule has 3 heterocycles. The smallest absolute Gasteiger partial charge is 0.233 e. The molecule has 0 fully saturated rings. The number of nitrogens with zero attached hydrogens (tertiary/aromatic N) is 5. The first-order valence-electron chi connectivity index (χ1n) is 9.17. The largest absolute Gasteiger partial charge is 0.457 e. The van der Waals surface area contributed by atoms with Crippen molar-refractivity contribution in [3.63, 3.8) is 0 Å². The molecule has 148 valence electrons. The number of rotatable bonds is 7. The Kier molecular flexibility index (Phi) is 5.28. The van der Waals surface area contributed by atoms with Gasteiger partial charge in [-0.15, -0.1) is 10.2 Å². The lowest BCUT2D eigenvalue weighted by Crippen LogP contribution is -1.90. The Hall–Kier alpha value is -3.43. The Morgan fingerprint density at radius 1 is 0.967 bits per heavy atom. The molecule has 3 aromatic heterocycles. The number of ether oxygens (including phenoxy) is 1. The Labute approximate surface area is 180 Å². The molecule has 0 aliphatic rings. The average molecular weight is 433 g/mol. The van der Waals surface area contributed by atoms with Gasteiger partial charge in [0.1, 0.15) is 11.5 Å². The maximum Gasteiger partial charge on any atom is 0.233 e. The molecule has 5 rings (SSSR count). The number of aromatic nitrogens is 5. The molecule has 0 saturated carbocycles. The van der Waals surface area contributed by atoms with Crippen molar-refractivity contribution in [1.82, 2.24) is 24.6 Å². The fourth-order valence-corrected chi connectivity index (χ4v) is 4.41. The predicted octanol–water partition coefficient (Wildman–Crippen LogP) is 5.41. The molecule has 0 saturated heterocycles. The van der Waals surface area contributed by atoms with Crippen molar-refractivity contribution in [2.45, 2.75) is 10.1 Å². The molecule has 0 amide bonds. The summed E-state index contributed by atoms with van der Waals surface area (Å²) in [6.45, 7) is 0. The Morgan fingerprint density at radius 3 is 2.63 bits per heavy atom. The van der Waals surface area contributed by atoms with E-state index in [1.54, 1.807) is 18.0 Å². The standard InChI is InChI=1S/C21H16N6OS2/c1-2-5-17(6-3-1)28-18-9-7-15(8-10-18)24-20-25-26-21(30-20)29-14-16-13-27-12-4-11-22-19(27)23-16/h1-13H,14H2,(H,24,25). The van der Waals surface area contributed by atoms with Crippen molar-refractivity contribution in [2.24, 2.45) is 0 Å². The molecule has 0 unspecified atom stereocenters. The number of benzene rings is 2. The summed E-state index contributed by atoms with van der Waals surface area (Å²) in [5.41, 5.74) is 1.88. The van der Waals surface area contributed by atoms with Crippen molar-refractivity contribution >= 4 is 39.7 Å². The second kappa shape index (κ2) is 8.52. The minimum atomic E-state index is 0.701. The predicted molar refractivity (Wildman–Crippen MR) is 119 cm³/mol. The van der Waals surface area contributed by atoms with Gasteiger partial charge >= 0.3 is 0 Å². The molecule has 0 aliphatic heterocycles. The third-order valence-corrected chi connectivity index (χ3v) is 6.13. The topological polar surface area (TPSA) is 77.2 Å². The third kappa shape index (κ3) is 4.42. The van der Waals surface area contributed by atoms with Crippen LogP contribution in [-0.4, -0.2) is 24.6 Å². The molecule has 0 radical (unpaired) electrons.